The molecule has 1 aromatic heterocycles. The van der Waals surface area contributed by atoms with Gasteiger partial charge >= 0.3 is 18.0 Å². The summed E-state index contributed by atoms with van der Waals surface area (Å²) in [6.07, 6.45) is 1.83. The molecule has 4 N–H and O–H groups in total. The zero-order valence-electron chi connectivity index (χ0n) is 25.9. The lowest BCUT2D eigenvalue weighted by Crippen LogP contribution is -2.48. The number of carbonyl (C=O) groups excluding carboxylic acids is 2. The molecule has 2 aliphatic heterocycles. The summed E-state index contributed by atoms with van der Waals surface area (Å²) in [5.41, 5.74) is 3.85. The van der Waals surface area contributed by atoms with Gasteiger partial charge in [0.2, 0.25) is 5.43 Å². The van der Waals surface area contributed by atoms with Crippen molar-refractivity contribution < 1.29 is 47.6 Å². The summed E-state index contributed by atoms with van der Waals surface area (Å²) in [6, 6.07) is 5.74. The molecule has 16 heteroatoms. The molecule has 0 spiro atoms. The van der Waals surface area contributed by atoms with Gasteiger partial charge in [-0.2, -0.15) is 0 Å². The van der Waals surface area contributed by atoms with E-state index in [0.717, 1.165) is 25.0 Å². The normalized spacial score (nSPS) is 19.4. The Hall–Kier alpha value is -4.47. The van der Waals surface area contributed by atoms with Gasteiger partial charge in [-0.15, -0.1) is 12.4 Å². The number of carboxylic acids is 1. The number of rotatable bonds is 10. The molecule has 6 rings (SSSR count). The second-order valence-electron chi connectivity index (χ2n) is 12.3. The highest BCUT2D eigenvalue weighted by atomic mass is 35.5. The predicted octanol–water partition coefficient (Wildman–Crippen LogP) is 3.36. The van der Waals surface area contributed by atoms with E-state index in [1.54, 1.807) is 15.5 Å². The Morgan fingerprint density at radius 1 is 1.12 bits per heavy atom. The first-order chi connectivity index (χ1) is 22.3. The minimum Gasteiger partial charge on any atom is -0.488 e. The van der Waals surface area contributed by atoms with Gasteiger partial charge < -0.3 is 39.6 Å². The zero-order valence-corrected chi connectivity index (χ0v) is 26.7. The number of piperidine rings is 1. The second kappa shape index (κ2) is 13.6. The number of cyclic esters (lactones) is 1. The van der Waals surface area contributed by atoms with E-state index < -0.39 is 58.4 Å². The predicted molar refractivity (Wildman–Crippen MR) is 171 cm³/mol. The lowest BCUT2D eigenvalue weighted by Gasteiger charge is -2.39. The van der Waals surface area contributed by atoms with Crippen molar-refractivity contribution in [2.24, 2.45) is 5.73 Å². The van der Waals surface area contributed by atoms with Gasteiger partial charge in [-0.05, 0) is 56.9 Å². The number of hydrogen-bond donors (Lipinski definition) is 3. The maximum absolute atomic E-state index is 15.3. The van der Waals surface area contributed by atoms with E-state index in [1.807, 2.05) is 0 Å². The number of pyridine rings is 1. The standard InChI is InChI=1S/C32H34F2N4O9.ClH/c1-17(35)30(42)45-15-20-13-38(31(43)47-20)19-4-5-27(24(34)10-19)46-16-32(44)6-8-36(9-7-32)26-12-25-21(11-23(26)33)28(39)22(29(40)41)14-37(25)18-2-3-18;/h4-5,10-12,14,17-18,20,44H,2-3,6-9,13,15-16,35H2,1H3,(H,40,41);1H. The summed E-state index contributed by atoms with van der Waals surface area (Å²) in [4.78, 5) is 51.3. The number of esters is 1. The van der Waals surface area contributed by atoms with Crippen molar-refractivity contribution in [2.45, 2.75) is 56.4 Å². The first-order valence-electron chi connectivity index (χ1n) is 15.3. The molecule has 1 aliphatic carbocycles. The van der Waals surface area contributed by atoms with Gasteiger partial charge in [0.05, 0.1) is 23.4 Å². The molecule has 1 amide bonds. The third kappa shape index (κ3) is 7.03. The monoisotopic (exact) mass is 692 g/mol. The second-order valence-corrected chi connectivity index (χ2v) is 12.3. The molecule has 3 aromatic rings. The Kier molecular flexibility index (Phi) is 9.85. The third-order valence-corrected chi connectivity index (χ3v) is 8.69. The summed E-state index contributed by atoms with van der Waals surface area (Å²) in [5.74, 6) is -3.60. The summed E-state index contributed by atoms with van der Waals surface area (Å²) in [6.45, 7) is 1.54. The number of carbonyl (C=O) groups is 3. The summed E-state index contributed by atoms with van der Waals surface area (Å²) >= 11 is 0. The highest BCUT2D eigenvalue weighted by Gasteiger charge is 2.36. The number of amides is 1. The van der Waals surface area contributed by atoms with Crippen LogP contribution in [0, 0.1) is 11.6 Å². The van der Waals surface area contributed by atoms with E-state index in [1.165, 1.54) is 30.2 Å². The van der Waals surface area contributed by atoms with Crippen molar-refractivity contribution in [3.8, 4) is 5.75 Å². The van der Waals surface area contributed by atoms with Crippen molar-refractivity contribution >= 4 is 52.7 Å². The fraction of sp³-hybridized carbons (Fsp3) is 0.438. The molecular formula is C32H35ClF2N4O9. The van der Waals surface area contributed by atoms with Gasteiger partial charge in [0.25, 0.3) is 0 Å². The van der Waals surface area contributed by atoms with E-state index in [0.29, 0.717) is 5.52 Å². The SMILES string of the molecule is CC(N)C(=O)OCC1CN(c2ccc(OCC3(O)CCN(c4cc5c(cc4F)c(=O)c(C(=O)O)cn5C4CC4)CC3)c(F)c2)C(=O)O1.Cl. The fourth-order valence-electron chi connectivity index (χ4n) is 5.83. The third-order valence-electron chi connectivity index (χ3n) is 8.69. The number of aliphatic hydroxyl groups is 1. The van der Waals surface area contributed by atoms with Crippen molar-refractivity contribution in [3.63, 3.8) is 0 Å². The minimum absolute atomic E-state index is 0. The van der Waals surface area contributed by atoms with E-state index in [9.17, 15) is 29.4 Å². The smallest absolute Gasteiger partial charge is 0.414 e. The highest BCUT2D eigenvalue weighted by molar-refractivity contribution is 5.94. The molecular weight excluding hydrogens is 658 g/mol. The molecule has 2 aromatic carbocycles. The average Bonchev–Trinajstić information content (AvgIpc) is 3.81. The maximum Gasteiger partial charge on any atom is 0.414 e. The van der Waals surface area contributed by atoms with E-state index in [2.05, 4.69) is 0 Å². The van der Waals surface area contributed by atoms with Crippen LogP contribution in [-0.2, 0) is 14.3 Å². The van der Waals surface area contributed by atoms with Crippen LogP contribution in [0.5, 0.6) is 5.75 Å². The van der Waals surface area contributed by atoms with Crippen LogP contribution in [0.3, 0.4) is 0 Å². The molecule has 1 saturated carbocycles. The number of ether oxygens (including phenoxy) is 3. The van der Waals surface area contributed by atoms with Crippen molar-refractivity contribution in [1.29, 1.82) is 0 Å². The molecule has 2 atom stereocenters. The number of halogens is 3. The molecule has 48 heavy (non-hydrogen) atoms. The van der Waals surface area contributed by atoms with Gasteiger partial charge in [0, 0.05) is 36.8 Å². The molecule has 13 nitrogen and oxygen atoms in total. The van der Waals surface area contributed by atoms with Crippen LogP contribution in [0.15, 0.2) is 41.3 Å². The highest BCUT2D eigenvalue weighted by Crippen LogP contribution is 2.39. The summed E-state index contributed by atoms with van der Waals surface area (Å²) < 4.78 is 47.9. The molecule has 2 saturated heterocycles. The van der Waals surface area contributed by atoms with Crippen molar-refractivity contribution in [3.05, 3.63) is 63.9 Å². The molecule has 2 unspecified atom stereocenters. The number of hydrogen-bond acceptors (Lipinski definition) is 10. The molecule has 258 valence electrons. The first-order valence-corrected chi connectivity index (χ1v) is 15.3. The number of aromatic carboxylic acids is 1. The Morgan fingerprint density at radius 2 is 1.83 bits per heavy atom. The summed E-state index contributed by atoms with van der Waals surface area (Å²) in [5, 5.41) is 20.7. The quantitative estimate of drug-likeness (QED) is 0.266. The van der Waals surface area contributed by atoms with E-state index >= 15 is 8.78 Å². The Bertz CT molecular complexity index is 1810. The Labute approximate surface area is 279 Å². The van der Waals surface area contributed by atoms with Crippen molar-refractivity contribution in [2.75, 3.05) is 42.6 Å². The molecule has 3 aliphatic rings. The van der Waals surface area contributed by atoms with Crippen LogP contribution in [-0.4, -0.2) is 83.4 Å². The Balaban J connectivity index is 0.00000451. The number of benzene rings is 2. The van der Waals surface area contributed by atoms with E-state index in [4.69, 9.17) is 19.9 Å². The lowest BCUT2D eigenvalue weighted by atomic mass is 9.92. The van der Waals surface area contributed by atoms with Gasteiger partial charge in [0.1, 0.15) is 36.2 Å². The van der Waals surface area contributed by atoms with Gasteiger partial charge in [0.15, 0.2) is 17.7 Å². The van der Waals surface area contributed by atoms with Crippen LogP contribution in [0.25, 0.3) is 10.9 Å². The van der Waals surface area contributed by atoms with Gasteiger partial charge in [-0.3, -0.25) is 14.5 Å². The Morgan fingerprint density at radius 3 is 2.46 bits per heavy atom. The largest absolute Gasteiger partial charge is 0.488 e. The number of fused-ring (bicyclic) bond motifs is 1. The van der Waals surface area contributed by atoms with E-state index in [-0.39, 0.29) is 86.6 Å². The number of nitrogens with two attached hydrogens (primary N) is 1. The molecule has 0 bridgehead atoms. The van der Waals surface area contributed by atoms with Crippen LogP contribution >= 0.6 is 12.4 Å². The van der Waals surface area contributed by atoms with Gasteiger partial charge in [-0.1, -0.05) is 0 Å². The first kappa shape index (κ1) is 34.9. The maximum atomic E-state index is 15.3. The van der Waals surface area contributed by atoms with Gasteiger partial charge in [-0.25, -0.2) is 18.4 Å². The minimum atomic E-state index is -1.37. The zero-order chi connectivity index (χ0) is 33.6. The summed E-state index contributed by atoms with van der Waals surface area (Å²) in [7, 11) is 0. The number of anilines is 2. The topological polar surface area (TPSA) is 174 Å². The van der Waals surface area contributed by atoms with Crippen LogP contribution < -0.4 is 25.7 Å². The molecule has 0 radical (unpaired) electrons. The average molecular weight is 693 g/mol. The fourth-order valence-corrected chi connectivity index (χ4v) is 5.83. The number of carboxylic acid groups (broad SMARTS) is 1. The number of nitrogens with zero attached hydrogens (tertiary/aromatic N) is 3. The number of aromatic nitrogens is 1. The molecule has 3 heterocycles. The van der Waals surface area contributed by atoms with Crippen LogP contribution in [0.2, 0.25) is 0 Å². The van der Waals surface area contributed by atoms with Crippen molar-refractivity contribution in [1.82, 2.24) is 4.57 Å². The molecule has 3 fully saturated rings. The lowest BCUT2D eigenvalue weighted by molar-refractivity contribution is -0.147. The van der Waals surface area contributed by atoms with Crippen LogP contribution in [0.4, 0.5) is 25.0 Å². The van der Waals surface area contributed by atoms with Crippen LogP contribution in [0.1, 0.15) is 49.0 Å².